The summed E-state index contributed by atoms with van der Waals surface area (Å²) in [5.41, 5.74) is 6.19. The van der Waals surface area contributed by atoms with Gasteiger partial charge in [0.25, 0.3) is 0 Å². The normalized spacial score (nSPS) is 22.5. The first-order valence-corrected chi connectivity index (χ1v) is 8.75. The van der Waals surface area contributed by atoms with E-state index in [0.717, 1.165) is 44.8 Å². The van der Waals surface area contributed by atoms with Crippen LogP contribution in [0.25, 0.3) is 0 Å². The molecule has 0 aromatic carbocycles. The number of piperidine rings is 1. The molecule has 130 valence electrons. The predicted molar refractivity (Wildman–Crippen MR) is 94.3 cm³/mol. The Kier molecular flexibility index (Phi) is 8.73. The fourth-order valence-corrected chi connectivity index (χ4v) is 3.97. The van der Waals surface area contributed by atoms with Crippen LogP contribution in [0.2, 0.25) is 0 Å². The number of hydrogen-bond donors (Lipinski definition) is 1. The van der Waals surface area contributed by atoms with E-state index in [9.17, 15) is 4.79 Å². The summed E-state index contributed by atoms with van der Waals surface area (Å²) in [7, 11) is 4.25. The third kappa shape index (κ3) is 6.05. The Morgan fingerprint density at radius 2 is 1.68 bits per heavy atom. The zero-order chi connectivity index (χ0) is 15.2. The highest BCUT2D eigenvalue weighted by atomic mass is 35.5. The molecule has 0 radical (unpaired) electrons. The second kappa shape index (κ2) is 9.74. The van der Waals surface area contributed by atoms with Crippen LogP contribution in [0.5, 0.6) is 0 Å². The largest absolute Gasteiger partial charge is 0.341 e. The van der Waals surface area contributed by atoms with E-state index in [1.807, 2.05) is 4.90 Å². The van der Waals surface area contributed by atoms with Gasteiger partial charge in [0.15, 0.2) is 0 Å². The first kappa shape index (κ1) is 19.7. The third-order valence-electron chi connectivity index (χ3n) is 5.18. The molecule has 1 aliphatic heterocycles. The topological polar surface area (TPSA) is 49.6 Å². The number of amides is 1. The van der Waals surface area contributed by atoms with Crippen LogP contribution in [-0.4, -0.2) is 55.5 Å². The number of rotatable bonds is 5. The van der Waals surface area contributed by atoms with Crippen LogP contribution in [0.3, 0.4) is 0 Å². The lowest BCUT2D eigenvalue weighted by atomic mass is 9.84. The Morgan fingerprint density at radius 3 is 2.23 bits per heavy atom. The molecule has 1 saturated heterocycles. The van der Waals surface area contributed by atoms with E-state index in [-0.39, 0.29) is 24.4 Å². The molecule has 1 aliphatic carbocycles. The standard InChI is InChI=1S/C17H33N3O.ClH/c1-19(2)13-15-8-10-20(11-9-15)17(21)16(18)12-14-6-4-3-5-7-14;/h14-16H,3-13,18H2,1-2H3;1H. The van der Waals surface area contributed by atoms with Gasteiger partial charge in [0.1, 0.15) is 0 Å². The molecule has 1 atom stereocenters. The first-order valence-electron chi connectivity index (χ1n) is 8.75. The van der Waals surface area contributed by atoms with E-state index in [1.165, 1.54) is 32.1 Å². The molecule has 22 heavy (non-hydrogen) atoms. The lowest BCUT2D eigenvalue weighted by molar-refractivity contribution is -0.134. The highest BCUT2D eigenvalue weighted by Crippen LogP contribution is 2.27. The minimum Gasteiger partial charge on any atom is -0.341 e. The maximum atomic E-state index is 12.5. The molecule has 1 heterocycles. The van der Waals surface area contributed by atoms with Crippen molar-refractivity contribution in [3.8, 4) is 0 Å². The van der Waals surface area contributed by atoms with E-state index < -0.39 is 0 Å². The Labute approximate surface area is 142 Å². The summed E-state index contributed by atoms with van der Waals surface area (Å²) in [6.45, 7) is 2.93. The average molecular weight is 332 g/mol. The second-order valence-electron chi connectivity index (χ2n) is 7.38. The van der Waals surface area contributed by atoms with Gasteiger partial charge < -0.3 is 15.5 Å². The molecule has 2 fully saturated rings. The number of carbonyl (C=O) groups is 1. The molecule has 0 spiro atoms. The van der Waals surface area contributed by atoms with Gasteiger partial charge in [0.05, 0.1) is 6.04 Å². The minimum atomic E-state index is -0.265. The van der Waals surface area contributed by atoms with Crippen molar-refractivity contribution in [1.29, 1.82) is 0 Å². The molecular formula is C17H34ClN3O. The summed E-state index contributed by atoms with van der Waals surface area (Å²) in [4.78, 5) is 16.8. The monoisotopic (exact) mass is 331 g/mol. The molecule has 0 aromatic rings. The summed E-state index contributed by atoms with van der Waals surface area (Å²) < 4.78 is 0. The van der Waals surface area contributed by atoms with Crippen molar-refractivity contribution < 1.29 is 4.79 Å². The number of nitrogens with two attached hydrogens (primary N) is 1. The summed E-state index contributed by atoms with van der Waals surface area (Å²) in [5.74, 6) is 1.62. The maximum Gasteiger partial charge on any atom is 0.239 e. The summed E-state index contributed by atoms with van der Waals surface area (Å²) >= 11 is 0. The SMILES string of the molecule is CN(C)CC1CCN(C(=O)C(N)CC2CCCCC2)CC1.Cl. The van der Waals surface area contributed by atoms with Crippen LogP contribution in [-0.2, 0) is 4.79 Å². The van der Waals surface area contributed by atoms with Gasteiger partial charge in [-0.15, -0.1) is 12.4 Å². The van der Waals surface area contributed by atoms with E-state index in [0.29, 0.717) is 5.92 Å². The number of carbonyl (C=O) groups excluding carboxylic acids is 1. The second-order valence-corrected chi connectivity index (χ2v) is 7.38. The van der Waals surface area contributed by atoms with Crippen LogP contribution >= 0.6 is 12.4 Å². The highest BCUT2D eigenvalue weighted by Gasteiger charge is 2.28. The summed E-state index contributed by atoms with van der Waals surface area (Å²) in [6, 6.07) is -0.265. The van der Waals surface area contributed by atoms with Crippen molar-refractivity contribution >= 4 is 18.3 Å². The molecule has 4 nitrogen and oxygen atoms in total. The fraction of sp³-hybridized carbons (Fsp3) is 0.941. The van der Waals surface area contributed by atoms with Gasteiger partial charge >= 0.3 is 0 Å². The molecule has 1 saturated carbocycles. The van der Waals surface area contributed by atoms with E-state index in [4.69, 9.17) is 5.73 Å². The highest BCUT2D eigenvalue weighted by molar-refractivity contribution is 5.85. The average Bonchev–Trinajstić information content (AvgIpc) is 2.47. The predicted octanol–water partition coefficient (Wildman–Crippen LogP) is 2.51. The van der Waals surface area contributed by atoms with E-state index >= 15 is 0 Å². The molecule has 0 bridgehead atoms. The van der Waals surface area contributed by atoms with Crippen LogP contribution in [0.1, 0.15) is 51.4 Å². The molecule has 1 unspecified atom stereocenters. The van der Waals surface area contributed by atoms with Crippen molar-refractivity contribution in [2.24, 2.45) is 17.6 Å². The third-order valence-corrected chi connectivity index (χ3v) is 5.18. The van der Waals surface area contributed by atoms with Crippen molar-refractivity contribution in [1.82, 2.24) is 9.80 Å². The van der Waals surface area contributed by atoms with Crippen LogP contribution < -0.4 is 5.73 Å². The fourth-order valence-electron chi connectivity index (χ4n) is 3.97. The van der Waals surface area contributed by atoms with Crippen LogP contribution in [0.4, 0.5) is 0 Å². The lowest BCUT2D eigenvalue weighted by Crippen LogP contribution is -2.48. The number of nitrogens with zero attached hydrogens (tertiary/aromatic N) is 2. The van der Waals surface area contributed by atoms with Crippen molar-refractivity contribution in [2.75, 3.05) is 33.7 Å². The first-order chi connectivity index (χ1) is 10.1. The van der Waals surface area contributed by atoms with E-state index in [2.05, 4.69) is 19.0 Å². The number of hydrogen-bond acceptors (Lipinski definition) is 3. The zero-order valence-electron chi connectivity index (χ0n) is 14.3. The van der Waals surface area contributed by atoms with Gasteiger partial charge in [-0.3, -0.25) is 4.79 Å². The van der Waals surface area contributed by atoms with Crippen molar-refractivity contribution in [2.45, 2.75) is 57.4 Å². The van der Waals surface area contributed by atoms with E-state index in [1.54, 1.807) is 0 Å². The molecule has 0 aromatic heterocycles. The zero-order valence-corrected chi connectivity index (χ0v) is 15.1. The van der Waals surface area contributed by atoms with Crippen LogP contribution in [0, 0.1) is 11.8 Å². The van der Waals surface area contributed by atoms with Crippen molar-refractivity contribution in [3.05, 3.63) is 0 Å². The van der Waals surface area contributed by atoms with Gasteiger partial charge in [-0.2, -0.15) is 0 Å². The molecule has 2 aliphatic rings. The Hall–Kier alpha value is -0.320. The molecule has 2 rings (SSSR count). The number of halogens is 1. The Balaban J connectivity index is 0.00000242. The van der Waals surface area contributed by atoms with Gasteiger partial charge in [0, 0.05) is 19.6 Å². The summed E-state index contributed by atoms with van der Waals surface area (Å²) in [5, 5.41) is 0. The van der Waals surface area contributed by atoms with Gasteiger partial charge in [-0.25, -0.2) is 0 Å². The van der Waals surface area contributed by atoms with Crippen molar-refractivity contribution in [3.63, 3.8) is 0 Å². The minimum absolute atomic E-state index is 0. The quantitative estimate of drug-likeness (QED) is 0.842. The molecular weight excluding hydrogens is 298 g/mol. The smallest absolute Gasteiger partial charge is 0.239 e. The van der Waals surface area contributed by atoms with Crippen LogP contribution in [0.15, 0.2) is 0 Å². The Bertz CT molecular complexity index is 324. The lowest BCUT2D eigenvalue weighted by Gasteiger charge is -2.35. The summed E-state index contributed by atoms with van der Waals surface area (Å²) in [6.07, 6.45) is 9.69. The van der Waals surface area contributed by atoms with Gasteiger partial charge in [-0.05, 0) is 45.2 Å². The van der Waals surface area contributed by atoms with Gasteiger partial charge in [0.2, 0.25) is 5.91 Å². The molecule has 2 N–H and O–H groups in total. The molecule has 5 heteroatoms. The molecule has 1 amide bonds. The number of likely N-dealkylation sites (tertiary alicyclic amines) is 1. The maximum absolute atomic E-state index is 12.5. The Morgan fingerprint density at radius 1 is 1.09 bits per heavy atom. The van der Waals surface area contributed by atoms with Gasteiger partial charge in [-0.1, -0.05) is 32.1 Å².